The van der Waals surface area contributed by atoms with Crippen LogP contribution in [0.25, 0.3) is 0 Å². The Hall–Kier alpha value is -1.33. The molecule has 0 aliphatic carbocycles. The van der Waals surface area contributed by atoms with Crippen LogP contribution in [0, 0.1) is 5.41 Å². The zero-order chi connectivity index (χ0) is 15.8. The van der Waals surface area contributed by atoms with Crippen molar-refractivity contribution >= 4 is 23.5 Å². The molecule has 0 saturated carbocycles. The highest BCUT2D eigenvalue weighted by Crippen LogP contribution is 2.50. The first-order valence-electron chi connectivity index (χ1n) is 7.48. The van der Waals surface area contributed by atoms with Gasteiger partial charge < -0.3 is 9.47 Å². The van der Waals surface area contributed by atoms with Gasteiger partial charge in [0.2, 0.25) is 0 Å². The van der Waals surface area contributed by atoms with Gasteiger partial charge >= 0.3 is 5.97 Å². The van der Waals surface area contributed by atoms with Crippen molar-refractivity contribution in [3.63, 3.8) is 0 Å². The molecule has 3 rings (SSSR count). The summed E-state index contributed by atoms with van der Waals surface area (Å²) in [5.74, 6) is 0.201. The molecule has 0 unspecified atom stereocenters. The van der Waals surface area contributed by atoms with Gasteiger partial charge in [0, 0.05) is 17.1 Å². The monoisotopic (exact) mass is 320 g/mol. The lowest BCUT2D eigenvalue weighted by molar-refractivity contribution is -0.181. The third kappa shape index (κ3) is 2.46. The van der Waals surface area contributed by atoms with Gasteiger partial charge in [-0.15, -0.1) is 11.8 Å². The molecule has 0 N–H and O–H groups in total. The lowest BCUT2D eigenvalue weighted by Gasteiger charge is -2.40. The van der Waals surface area contributed by atoms with Gasteiger partial charge in [-0.05, 0) is 31.9 Å². The van der Waals surface area contributed by atoms with Gasteiger partial charge in [0.1, 0.15) is 5.41 Å². The summed E-state index contributed by atoms with van der Waals surface area (Å²) in [6.07, 6.45) is 1.47. The summed E-state index contributed by atoms with van der Waals surface area (Å²) in [6, 6.07) is 10.1. The van der Waals surface area contributed by atoms with E-state index >= 15 is 0 Å². The molecule has 22 heavy (non-hydrogen) atoms. The maximum Gasteiger partial charge on any atom is 0.321 e. The van der Waals surface area contributed by atoms with Crippen molar-refractivity contribution in [3.8, 4) is 0 Å². The normalized spacial score (nSPS) is 33.7. The minimum Gasteiger partial charge on any atom is -0.468 e. The van der Waals surface area contributed by atoms with Crippen molar-refractivity contribution in [2.45, 2.75) is 42.8 Å². The number of ether oxygens (including phenoxy) is 2. The highest BCUT2D eigenvalue weighted by Gasteiger charge is 2.61. The molecule has 2 saturated heterocycles. The number of rotatable bonds is 4. The van der Waals surface area contributed by atoms with Crippen LogP contribution in [0.15, 0.2) is 35.2 Å². The first-order valence-corrected chi connectivity index (χ1v) is 8.46. The zero-order valence-electron chi connectivity index (χ0n) is 12.8. The third-order valence-corrected chi connectivity index (χ3v) is 6.09. The predicted octanol–water partition coefficient (Wildman–Crippen LogP) is 2.85. The number of carbonyl (C=O) groups is 2. The van der Waals surface area contributed by atoms with E-state index in [2.05, 4.69) is 12.1 Å². The molecular formula is C17H20O4S. The molecule has 0 aromatic heterocycles. The fourth-order valence-electron chi connectivity index (χ4n) is 3.35. The number of esters is 1. The Labute approximate surface area is 134 Å². The number of carbonyl (C=O) groups excluding carboxylic acids is 2. The number of hydrogen-bond acceptors (Lipinski definition) is 5. The number of hydrogen-bond donors (Lipinski definition) is 0. The van der Waals surface area contributed by atoms with Crippen LogP contribution in [0.5, 0.6) is 0 Å². The Morgan fingerprint density at radius 2 is 2.14 bits per heavy atom. The predicted molar refractivity (Wildman–Crippen MR) is 83.8 cm³/mol. The highest BCUT2D eigenvalue weighted by molar-refractivity contribution is 7.99. The average molecular weight is 320 g/mol. The molecule has 3 atom stereocenters. The molecule has 2 aliphatic rings. The fraction of sp³-hybridized carbons (Fsp3) is 0.529. The van der Waals surface area contributed by atoms with E-state index in [9.17, 15) is 9.59 Å². The van der Waals surface area contributed by atoms with Gasteiger partial charge in [0.25, 0.3) is 0 Å². The molecule has 2 fully saturated rings. The second-order valence-corrected chi connectivity index (χ2v) is 7.27. The zero-order valence-corrected chi connectivity index (χ0v) is 13.7. The van der Waals surface area contributed by atoms with Crippen molar-refractivity contribution in [2.75, 3.05) is 12.9 Å². The molecule has 4 nitrogen and oxygen atoms in total. The first kappa shape index (κ1) is 15.6. The number of benzene rings is 1. The van der Waals surface area contributed by atoms with E-state index in [1.54, 1.807) is 18.7 Å². The van der Waals surface area contributed by atoms with Crippen LogP contribution in [0.3, 0.4) is 0 Å². The molecule has 2 bridgehead atoms. The third-order valence-electron chi connectivity index (χ3n) is 4.81. The molecule has 118 valence electrons. The number of thioether (sulfide) groups is 1. The fourth-order valence-corrected chi connectivity index (χ4v) is 4.45. The highest BCUT2D eigenvalue weighted by atomic mass is 32.2. The minimum atomic E-state index is -1.15. The molecule has 2 heterocycles. The van der Waals surface area contributed by atoms with Crippen LogP contribution in [0.4, 0.5) is 0 Å². The van der Waals surface area contributed by atoms with Crippen molar-refractivity contribution in [3.05, 3.63) is 30.3 Å². The Morgan fingerprint density at radius 1 is 1.41 bits per heavy atom. The summed E-state index contributed by atoms with van der Waals surface area (Å²) in [7, 11) is 1.32. The average Bonchev–Trinajstić information content (AvgIpc) is 2.92. The van der Waals surface area contributed by atoms with Crippen molar-refractivity contribution in [1.82, 2.24) is 0 Å². The van der Waals surface area contributed by atoms with Crippen LogP contribution in [-0.4, -0.2) is 36.3 Å². The van der Waals surface area contributed by atoms with Crippen LogP contribution in [0.2, 0.25) is 0 Å². The molecular weight excluding hydrogens is 300 g/mol. The van der Waals surface area contributed by atoms with E-state index in [-0.39, 0.29) is 18.3 Å². The standard InChI is InChI=1S/C17H20O4S/c1-16(15(19)20-2)13(18)10-17(9-8-14(16)21-17)11-22-12-6-4-3-5-7-12/h3-7,14H,8-11H2,1-2H3/t14-,16-,17+/m1/s1. The smallest absolute Gasteiger partial charge is 0.321 e. The second-order valence-electron chi connectivity index (χ2n) is 6.22. The molecule has 0 spiro atoms. The van der Waals surface area contributed by atoms with Crippen LogP contribution >= 0.6 is 11.8 Å². The van der Waals surface area contributed by atoms with Gasteiger partial charge in [-0.25, -0.2) is 0 Å². The molecule has 0 radical (unpaired) electrons. The van der Waals surface area contributed by atoms with Crippen LogP contribution in [0.1, 0.15) is 26.2 Å². The summed E-state index contributed by atoms with van der Waals surface area (Å²) in [6.45, 7) is 1.66. The van der Waals surface area contributed by atoms with Crippen molar-refractivity contribution in [1.29, 1.82) is 0 Å². The van der Waals surface area contributed by atoms with Crippen LogP contribution in [-0.2, 0) is 19.1 Å². The maximum absolute atomic E-state index is 12.6. The van der Waals surface area contributed by atoms with Gasteiger partial charge in [0.05, 0.1) is 18.8 Å². The van der Waals surface area contributed by atoms with Crippen molar-refractivity contribution < 1.29 is 19.1 Å². The van der Waals surface area contributed by atoms with E-state index in [1.807, 2.05) is 18.2 Å². The quantitative estimate of drug-likeness (QED) is 0.485. The molecule has 5 heteroatoms. The largest absolute Gasteiger partial charge is 0.468 e. The van der Waals surface area contributed by atoms with Gasteiger partial charge in [-0.1, -0.05) is 18.2 Å². The van der Waals surface area contributed by atoms with E-state index in [0.717, 1.165) is 23.5 Å². The Balaban J connectivity index is 1.74. The molecule has 1 aromatic carbocycles. The van der Waals surface area contributed by atoms with E-state index in [1.165, 1.54) is 7.11 Å². The van der Waals surface area contributed by atoms with E-state index in [4.69, 9.17) is 9.47 Å². The molecule has 0 amide bonds. The number of Topliss-reactive ketones (excluding diaryl/α,β-unsaturated/α-hetero) is 1. The maximum atomic E-state index is 12.6. The topological polar surface area (TPSA) is 52.6 Å². The summed E-state index contributed by atoms with van der Waals surface area (Å²) in [4.78, 5) is 25.8. The Kier molecular flexibility index (Phi) is 4.03. The summed E-state index contributed by atoms with van der Waals surface area (Å²) in [5, 5.41) is 0. The Morgan fingerprint density at radius 3 is 2.82 bits per heavy atom. The molecule has 2 aliphatic heterocycles. The van der Waals surface area contributed by atoms with E-state index < -0.39 is 17.0 Å². The van der Waals surface area contributed by atoms with Gasteiger partial charge in [-0.2, -0.15) is 0 Å². The van der Waals surface area contributed by atoms with Crippen LogP contribution < -0.4 is 0 Å². The number of ketones is 1. The lowest BCUT2D eigenvalue weighted by Crippen LogP contribution is -2.55. The summed E-state index contributed by atoms with van der Waals surface area (Å²) < 4.78 is 11.0. The minimum absolute atomic E-state index is 0.0539. The summed E-state index contributed by atoms with van der Waals surface area (Å²) in [5.41, 5.74) is -1.58. The number of methoxy groups -OCH3 is 1. The SMILES string of the molecule is COC(=O)[C@]1(C)C(=O)C[C@]2(CSc3ccccc3)CC[C@H]1O2. The Bertz CT molecular complexity index is 588. The van der Waals surface area contributed by atoms with Gasteiger partial charge in [-0.3, -0.25) is 9.59 Å². The van der Waals surface area contributed by atoms with Crippen molar-refractivity contribution in [2.24, 2.45) is 5.41 Å². The number of fused-ring (bicyclic) bond motifs is 2. The second kappa shape index (κ2) is 5.70. The summed E-state index contributed by atoms with van der Waals surface area (Å²) >= 11 is 1.70. The molecule has 1 aromatic rings. The lowest BCUT2D eigenvalue weighted by atomic mass is 9.76. The van der Waals surface area contributed by atoms with E-state index in [0.29, 0.717) is 0 Å². The van der Waals surface area contributed by atoms with Gasteiger partial charge in [0.15, 0.2) is 5.78 Å². The first-order chi connectivity index (χ1) is 10.5.